The number of nitrogens with two attached hydrogens (primary N) is 1. The Morgan fingerprint density at radius 3 is 2.81 bits per heavy atom. The molecule has 0 heterocycles. The molecule has 1 unspecified atom stereocenters. The number of nitrogens with zero attached hydrogens (tertiary/aromatic N) is 1. The van der Waals surface area contributed by atoms with E-state index in [1.54, 1.807) is 6.07 Å². The summed E-state index contributed by atoms with van der Waals surface area (Å²) in [5.74, 6) is -0.240. The van der Waals surface area contributed by atoms with Crippen molar-refractivity contribution in [3.8, 4) is 0 Å². The van der Waals surface area contributed by atoms with Crippen LogP contribution in [0.1, 0.15) is 13.3 Å². The highest BCUT2D eigenvalue weighted by atomic mass is 19.1. The Morgan fingerprint density at radius 2 is 2.25 bits per heavy atom. The maximum absolute atomic E-state index is 13.0. The zero-order valence-corrected chi connectivity index (χ0v) is 9.56. The first kappa shape index (κ1) is 12.9. The minimum Gasteiger partial charge on any atom is -0.392 e. The molecule has 0 aliphatic carbocycles. The molecule has 0 radical (unpaired) electrons. The molecule has 1 rings (SSSR count). The smallest absolute Gasteiger partial charge is 0.125 e. The third-order valence-corrected chi connectivity index (χ3v) is 2.56. The molecular formula is C12H19FN2O. The first-order valence-electron chi connectivity index (χ1n) is 5.56. The summed E-state index contributed by atoms with van der Waals surface area (Å²) < 4.78 is 13.0. The van der Waals surface area contributed by atoms with Crippen molar-refractivity contribution in [3.63, 3.8) is 0 Å². The van der Waals surface area contributed by atoms with Crippen LogP contribution >= 0.6 is 0 Å². The van der Waals surface area contributed by atoms with E-state index in [9.17, 15) is 9.50 Å². The van der Waals surface area contributed by atoms with Gasteiger partial charge in [-0.1, -0.05) is 6.07 Å². The second-order valence-electron chi connectivity index (χ2n) is 3.74. The molecule has 1 aromatic carbocycles. The maximum atomic E-state index is 13.0. The van der Waals surface area contributed by atoms with Crippen LogP contribution in [0.4, 0.5) is 10.1 Å². The number of aliphatic hydroxyl groups is 1. The zero-order chi connectivity index (χ0) is 12.0. The summed E-state index contributed by atoms with van der Waals surface area (Å²) in [6.07, 6.45) is 0.114. The molecule has 0 spiro atoms. The Labute approximate surface area is 95.7 Å². The predicted octanol–water partition coefficient (Wildman–Crippen LogP) is 1.36. The van der Waals surface area contributed by atoms with E-state index >= 15 is 0 Å². The summed E-state index contributed by atoms with van der Waals surface area (Å²) in [6.45, 7) is 3.72. The molecule has 4 heteroatoms. The number of rotatable bonds is 6. The van der Waals surface area contributed by atoms with Gasteiger partial charge in [-0.3, -0.25) is 0 Å². The molecule has 3 nitrogen and oxygen atoms in total. The van der Waals surface area contributed by atoms with E-state index in [1.165, 1.54) is 12.1 Å². The minimum atomic E-state index is -0.484. The SMILES string of the molecule is CCN(CCC(O)CN)c1cccc(F)c1. The van der Waals surface area contributed by atoms with E-state index in [0.717, 1.165) is 12.2 Å². The average Bonchev–Trinajstić information content (AvgIpc) is 2.29. The van der Waals surface area contributed by atoms with E-state index in [-0.39, 0.29) is 12.4 Å². The Hall–Kier alpha value is -1.13. The quantitative estimate of drug-likeness (QED) is 0.770. The molecule has 3 N–H and O–H groups in total. The standard InChI is InChI=1S/C12H19FN2O/c1-2-15(7-6-12(16)9-14)11-5-3-4-10(13)8-11/h3-5,8,12,16H,2,6-7,9,14H2,1H3. The highest BCUT2D eigenvalue weighted by Crippen LogP contribution is 2.15. The fraction of sp³-hybridized carbons (Fsp3) is 0.500. The van der Waals surface area contributed by atoms with Crippen LogP contribution in [-0.2, 0) is 0 Å². The second kappa shape index (κ2) is 6.45. The molecule has 0 fully saturated rings. The molecule has 1 aromatic rings. The Bertz CT molecular complexity index is 320. The lowest BCUT2D eigenvalue weighted by atomic mass is 10.2. The van der Waals surface area contributed by atoms with E-state index in [4.69, 9.17) is 5.73 Å². The van der Waals surface area contributed by atoms with Crippen LogP contribution < -0.4 is 10.6 Å². The second-order valence-corrected chi connectivity index (χ2v) is 3.74. The molecule has 90 valence electrons. The van der Waals surface area contributed by atoms with Crippen LogP contribution in [0.2, 0.25) is 0 Å². The Kier molecular flexibility index (Phi) is 5.22. The van der Waals surface area contributed by atoms with Gasteiger partial charge < -0.3 is 15.7 Å². The van der Waals surface area contributed by atoms with E-state index < -0.39 is 6.10 Å². The first-order chi connectivity index (χ1) is 7.67. The minimum absolute atomic E-state index is 0.240. The lowest BCUT2D eigenvalue weighted by Gasteiger charge is -2.24. The molecule has 0 aromatic heterocycles. The lowest BCUT2D eigenvalue weighted by molar-refractivity contribution is 0.174. The fourth-order valence-electron chi connectivity index (χ4n) is 1.57. The number of hydrogen-bond acceptors (Lipinski definition) is 3. The van der Waals surface area contributed by atoms with Gasteiger partial charge in [-0.2, -0.15) is 0 Å². The molecule has 16 heavy (non-hydrogen) atoms. The number of anilines is 1. The normalized spacial score (nSPS) is 12.5. The molecule has 0 saturated heterocycles. The number of halogens is 1. The van der Waals surface area contributed by atoms with Crippen molar-refractivity contribution < 1.29 is 9.50 Å². The van der Waals surface area contributed by atoms with Gasteiger partial charge in [-0.25, -0.2) is 4.39 Å². The maximum Gasteiger partial charge on any atom is 0.125 e. The predicted molar refractivity (Wildman–Crippen MR) is 64.0 cm³/mol. The highest BCUT2D eigenvalue weighted by molar-refractivity contribution is 5.46. The monoisotopic (exact) mass is 226 g/mol. The first-order valence-corrected chi connectivity index (χ1v) is 5.56. The van der Waals surface area contributed by atoms with Gasteiger partial charge in [-0.15, -0.1) is 0 Å². The van der Waals surface area contributed by atoms with Crippen molar-refractivity contribution in [2.45, 2.75) is 19.4 Å². The number of benzene rings is 1. The van der Waals surface area contributed by atoms with Gasteiger partial charge in [0, 0.05) is 25.3 Å². The van der Waals surface area contributed by atoms with Crippen LogP contribution in [0.25, 0.3) is 0 Å². The van der Waals surface area contributed by atoms with Crippen LogP contribution in [0.15, 0.2) is 24.3 Å². The van der Waals surface area contributed by atoms with E-state index in [0.29, 0.717) is 13.0 Å². The van der Waals surface area contributed by atoms with Gasteiger partial charge >= 0.3 is 0 Å². The molecule has 0 aliphatic rings. The molecule has 0 saturated carbocycles. The van der Waals surface area contributed by atoms with Crippen LogP contribution in [0.5, 0.6) is 0 Å². The van der Waals surface area contributed by atoms with Gasteiger partial charge in [0.1, 0.15) is 5.82 Å². The summed E-state index contributed by atoms with van der Waals surface area (Å²) in [6, 6.07) is 6.47. The molecular weight excluding hydrogens is 207 g/mol. The van der Waals surface area contributed by atoms with Crippen LogP contribution in [-0.4, -0.2) is 30.8 Å². The zero-order valence-electron chi connectivity index (χ0n) is 9.56. The highest BCUT2D eigenvalue weighted by Gasteiger charge is 2.08. The number of aliphatic hydroxyl groups excluding tert-OH is 1. The average molecular weight is 226 g/mol. The number of hydrogen-bond donors (Lipinski definition) is 2. The Morgan fingerprint density at radius 1 is 1.50 bits per heavy atom. The summed E-state index contributed by atoms with van der Waals surface area (Å²) >= 11 is 0. The van der Waals surface area contributed by atoms with Gasteiger partial charge in [-0.05, 0) is 31.5 Å². The molecule has 0 amide bonds. The van der Waals surface area contributed by atoms with Gasteiger partial charge in [0.15, 0.2) is 0 Å². The van der Waals surface area contributed by atoms with Crippen molar-refractivity contribution in [1.29, 1.82) is 0 Å². The third-order valence-electron chi connectivity index (χ3n) is 2.56. The van der Waals surface area contributed by atoms with Crippen molar-refractivity contribution in [2.75, 3.05) is 24.5 Å². The molecule has 1 atom stereocenters. The van der Waals surface area contributed by atoms with Crippen LogP contribution in [0.3, 0.4) is 0 Å². The van der Waals surface area contributed by atoms with Crippen molar-refractivity contribution in [2.24, 2.45) is 5.73 Å². The summed E-state index contributed by atoms with van der Waals surface area (Å²) in [7, 11) is 0. The summed E-state index contributed by atoms with van der Waals surface area (Å²) in [5, 5.41) is 9.38. The van der Waals surface area contributed by atoms with E-state index in [1.807, 2.05) is 17.9 Å². The van der Waals surface area contributed by atoms with Gasteiger partial charge in [0.25, 0.3) is 0 Å². The Balaban J connectivity index is 2.60. The van der Waals surface area contributed by atoms with Crippen LogP contribution in [0, 0.1) is 5.82 Å². The third kappa shape index (κ3) is 3.79. The lowest BCUT2D eigenvalue weighted by Crippen LogP contribution is -2.29. The van der Waals surface area contributed by atoms with Crippen molar-refractivity contribution >= 4 is 5.69 Å². The van der Waals surface area contributed by atoms with Gasteiger partial charge in [0.05, 0.1) is 6.10 Å². The van der Waals surface area contributed by atoms with E-state index in [2.05, 4.69) is 0 Å². The topological polar surface area (TPSA) is 49.5 Å². The van der Waals surface area contributed by atoms with Crippen molar-refractivity contribution in [3.05, 3.63) is 30.1 Å². The van der Waals surface area contributed by atoms with Gasteiger partial charge in [0.2, 0.25) is 0 Å². The molecule has 0 aliphatic heterocycles. The summed E-state index contributed by atoms with van der Waals surface area (Å²) in [4.78, 5) is 2.02. The molecule has 0 bridgehead atoms. The fourth-order valence-corrected chi connectivity index (χ4v) is 1.57. The largest absolute Gasteiger partial charge is 0.392 e. The summed E-state index contributed by atoms with van der Waals surface area (Å²) in [5.41, 5.74) is 6.17. The van der Waals surface area contributed by atoms with Crippen molar-refractivity contribution in [1.82, 2.24) is 0 Å².